The second-order valence-electron chi connectivity index (χ2n) is 7.51. The van der Waals surface area contributed by atoms with Crippen molar-refractivity contribution >= 4 is 35.1 Å². The number of hydrogen-bond donors (Lipinski definition) is 3. The van der Waals surface area contributed by atoms with Crippen LogP contribution in [0.25, 0.3) is 0 Å². The zero-order valence-corrected chi connectivity index (χ0v) is 18.2. The maximum Gasteiger partial charge on any atom is 0.319 e. The summed E-state index contributed by atoms with van der Waals surface area (Å²) in [5, 5.41) is 8.52. The van der Waals surface area contributed by atoms with Crippen LogP contribution in [0.3, 0.4) is 0 Å². The lowest BCUT2D eigenvalue weighted by Gasteiger charge is -2.32. The maximum absolute atomic E-state index is 12.5. The van der Waals surface area contributed by atoms with Crippen molar-refractivity contribution in [3.05, 3.63) is 64.7 Å². The SMILES string of the molecule is CNC(=O)c1ccc(Cl)c(NC(=O)NC2CCN(C(=O)CCc3ccccc3)CC2)c1. The van der Waals surface area contributed by atoms with Crippen molar-refractivity contribution in [1.82, 2.24) is 15.5 Å². The zero-order valence-electron chi connectivity index (χ0n) is 17.5. The molecule has 7 nitrogen and oxygen atoms in total. The van der Waals surface area contributed by atoms with E-state index in [1.165, 1.54) is 13.1 Å². The highest BCUT2D eigenvalue weighted by Gasteiger charge is 2.24. The third-order valence-electron chi connectivity index (χ3n) is 5.36. The summed E-state index contributed by atoms with van der Waals surface area (Å²) < 4.78 is 0. The number of halogens is 1. The predicted octanol–water partition coefficient (Wildman–Crippen LogP) is 3.44. The highest BCUT2D eigenvalue weighted by molar-refractivity contribution is 6.33. The molecule has 8 heteroatoms. The Morgan fingerprint density at radius 2 is 1.77 bits per heavy atom. The molecule has 0 radical (unpaired) electrons. The second-order valence-corrected chi connectivity index (χ2v) is 7.92. The number of nitrogens with one attached hydrogen (secondary N) is 3. The van der Waals surface area contributed by atoms with Gasteiger partial charge in [0.1, 0.15) is 0 Å². The topological polar surface area (TPSA) is 90.5 Å². The van der Waals surface area contributed by atoms with Gasteiger partial charge in [0.2, 0.25) is 5.91 Å². The van der Waals surface area contributed by atoms with Gasteiger partial charge >= 0.3 is 6.03 Å². The van der Waals surface area contributed by atoms with Gasteiger partial charge in [0.15, 0.2) is 0 Å². The molecule has 1 fully saturated rings. The van der Waals surface area contributed by atoms with Gasteiger partial charge in [0, 0.05) is 38.2 Å². The van der Waals surface area contributed by atoms with Gasteiger partial charge in [0.05, 0.1) is 10.7 Å². The Hall–Kier alpha value is -3.06. The number of urea groups is 1. The molecule has 164 valence electrons. The first-order chi connectivity index (χ1) is 15.0. The van der Waals surface area contributed by atoms with Crippen LogP contribution in [-0.4, -0.2) is 48.9 Å². The molecule has 0 atom stereocenters. The van der Waals surface area contributed by atoms with Gasteiger partial charge in [-0.3, -0.25) is 9.59 Å². The summed E-state index contributed by atoms with van der Waals surface area (Å²) in [6.07, 6.45) is 2.60. The van der Waals surface area contributed by atoms with Crippen LogP contribution >= 0.6 is 11.6 Å². The summed E-state index contributed by atoms with van der Waals surface area (Å²) in [4.78, 5) is 38.5. The Balaban J connectivity index is 1.45. The second kappa shape index (κ2) is 10.8. The molecule has 1 aliphatic rings. The molecule has 1 saturated heterocycles. The van der Waals surface area contributed by atoms with E-state index in [-0.39, 0.29) is 23.9 Å². The minimum Gasteiger partial charge on any atom is -0.355 e. The van der Waals surface area contributed by atoms with E-state index in [4.69, 9.17) is 11.6 Å². The molecule has 2 aromatic rings. The summed E-state index contributed by atoms with van der Waals surface area (Å²) >= 11 is 6.14. The quantitative estimate of drug-likeness (QED) is 0.640. The van der Waals surface area contributed by atoms with Crippen LogP contribution in [0.15, 0.2) is 48.5 Å². The monoisotopic (exact) mass is 442 g/mol. The number of carbonyl (C=O) groups excluding carboxylic acids is 3. The first-order valence-corrected chi connectivity index (χ1v) is 10.7. The molecule has 0 aromatic heterocycles. The molecular weight excluding hydrogens is 416 g/mol. The number of hydrogen-bond acceptors (Lipinski definition) is 3. The fourth-order valence-electron chi connectivity index (χ4n) is 3.58. The number of nitrogens with zero attached hydrogens (tertiary/aromatic N) is 1. The number of anilines is 1. The highest BCUT2D eigenvalue weighted by Crippen LogP contribution is 2.23. The molecule has 0 unspecified atom stereocenters. The van der Waals surface area contributed by atoms with E-state index in [1.807, 2.05) is 35.2 Å². The van der Waals surface area contributed by atoms with Crippen molar-refractivity contribution in [1.29, 1.82) is 0 Å². The number of benzene rings is 2. The Labute approximate surface area is 187 Å². The minimum absolute atomic E-state index is 0.0286. The van der Waals surface area contributed by atoms with Gasteiger partial charge in [-0.25, -0.2) is 4.79 Å². The number of carbonyl (C=O) groups is 3. The van der Waals surface area contributed by atoms with Gasteiger partial charge in [-0.1, -0.05) is 41.9 Å². The molecular formula is C23H27ClN4O3. The Morgan fingerprint density at radius 1 is 1.06 bits per heavy atom. The van der Waals surface area contributed by atoms with Gasteiger partial charge < -0.3 is 20.9 Å². The van der Waals surface area contributed by atoms with Crippen molar-refractivity contribution in [3.63, 3.8) is 0 Å². The van der Waals surface area contributed by atoms with E-state index in [9.17, 15) is 14.4 Å². The number of aryl methyl sites for hydroxylation is 1. The van der Waals surface area contributed by atoms with Crippen LogP contribution in [0.1, 0.15) is 35.2 Å². The smallest absolute Gasteiger partial charge is 0.319 e. The third-order valence-corrected chi connectivity index (χ3v) is 5.69. The first-order valence-electron chi connectivity index (χ1n) is 10.4. The van der Waals surface area contributed by atoms with Crippen LogP contribution in [0.5, 0.6) is 0 Å². The third kappa shape index (κ3) is 6.46. The van der Waals surface area contributed by atoms with Crippen LogP contribution in [-0.2, 0) is 11.2 Å². The van der Waals surface area contributed by atoms with Gasteiger partial charge in [0.25, 0.3) is 5.91 Å². The Morgan fingerprint density at radius 3 is 2.45 bits per heavy atom. The summed E-state index contributed by atoms with van der Waals surface area (Å²) in [7, 11) is 1.54. The van der Waals surface area contributed by atoms with E-state index < -0.39 is 0 Å². The van der Waals surface area contributed by atoms with Crippen LogP contribution in [0.2, 0.25) is 5.02 Å². The maximum atomic E-state index is 12.5. The van der Waals surface area contributed by atoms with E-state index >= 15 is 0 Å². The first kappa shape index (κ1) is 22.6. The lowest BCUT2D eigenvalue weighted by Crippen LogP contribution is -2.47. The molecule has 0 bridgehead atoms. The summed E-state index contributed by atoms with van der Waals surface area (Å²) in [5.41, 5.74) is 1.93. The standard InChI is InChI=1S/C23H27ClN4O3/c1-25-22(30)17-8-9-19(24)20(15-17)27-23(31)26-18-11-13-28(14-12-18)21(29)10-7-16-5-3-2-4-6-16/h2-6,8-9,15,18H,7,10-14H2,1H3,(H,25,30)(H2,26,27,31). The van der Waals surface area contributed by atoms with Crippen LogP contribution in [0, 0.1) is 0 Å². The van der Waals surface area contributed by atoms with Crippen molar-refractivity contribution in [2.24, 2.45) is 0 Å². The van der Waals surface area contributed by atoms with Crippen LogP contribution in [0.4, 0.5) is 10.5 Å². The number of rotatable bonds is 6. The molecule has 3 rings (SSSR count). The molecule has 31 heavy (non-hydrogen) atoms. The fourth-order valence-corrected chi connectivity index (χ4v) is 3.74. The molecule has 2 aromatic carbocycles. The predicted molar refractivity (Wildman–Crippen MR) is 121 cm³/mol. The average molecular weight is 443 g/mol. The van der Waals surface area contributed by atoms with Crippen molar-refractivity contribution in [2.45, 2.75) is 31.7 Å². The molecule has 1 aliphatic heterocycles. The van der Waals surface area contributed by atoms with E-state index in [0.29, 0.717) is 48.6 Å². The van der Waals surface area contributed by atoms with Gasteiger partial charge in [-0.15, -0.1) is 0 Å². The number of likely N-dealkylation sites (tertiary alicyclic amines) is 1. The number of amides is 4. The Bertz CT molecular complexity index is 928. The minimum atomic E-state index is -0.384. The van der Waals surface area contributed by atoms with Crippen molar-refractivity contribution in [3.8, 4) is 0 Å². The molecule has 4 amide bonds. The summed E-state index contributed by atoms with van der Waals surface area (Å²) in [5.74, 6) is -0.117. The van der Waals surface area contributed by atoms with Crippen molar-refractivity contribution < 1.29 is 14.4 Å². The highest BCUT2D eigenvalue weighted by atomic mass is 35.5. The summed E-state index contributed by atoms with van der Waals surface area (Å²) in [6.45, 7) is 1.23. The fraction of sp³-hybridized carbons (Fsp3) is 0.348. The van der Waals surface area contributed by atoms with Crippen molar-refractivity contribution in [2.75, 3.05) is 25.5 Å². The summed E-state index contributed by atoms with van der Waals surface area (Å²) in [6, 6.07) is 14.3. The average Bonchev–Trinajstić information content (AvgIpc) is 2.79. The van der Waals surface area contributed by atoms with Crippen LogP contribution < -0.4 is 16.0 Å². The van der Waals surface area contributed by atoms with E-state index in [1.54, 1.807) is 12.1 Å². The lowest BCUT2D eigenvalue weighted by atomic mass is 10.0. The molecule has 0 saturated carbocycles. The lowest BCUT2D eigenvalue weighted by molar-refractivity contribution is -0.132. The number of piperidine rings is 1. The molecule has 0 spiro atoms. The normalized spacial score (nSPS) is 14.1. The molecule has 1 heterocycles. The zero-order chi connectivity index (χ0) is 22.2. The van der Waals surface area contributed by atoms with Gasteiger partial charge in [-0.2, -0.15) is 0 Å². The van der Waals surface area contributed by atoms with E-state index in [0.717, 1.165) is 12.0 Å². The largest absolute Gasteiger partial charge is 0.355 e. The molecule has 0 aliphatic carbocycles. The van der Waals surface area contributed by atoms with Gasteiger partial charge in [-0.05, 0) is 43.0 Å². The Kier molecular flexibility index (Phi) is 7.89. The van der Waals surface area contributed by atoms with E-state index in [2.05, 4.69) is 16.0 Å². The molecule has 3 N–H and O–H groups in total.